The van der Waals surface area contributed by atoms with Crippen LogP contribution in [0.25, 0.3) is 0 Å². The van der Waals surface area contributed by atoms with Crippen molar-refractivity contribution in [1.29, 1.82) is 0 Å². The molecular weight excluding hydrogens is 138 g/mol. The van der Waals surface area contributed by atoms with Gasteiger partial charge in [-0.3, -0.25) is 9.69 Å². The zero-order valence-electron chi connectivity index (χ0n) is 7.47. The van der Waals surface area contributed by atoms with Crippen molar-refractivity contribution in [2.45, 2.75) is 39.2 Å². The predicted molar refractivity (Wildman–Crippen MR) is 45.6 cm³/mol. The van der Waals surface area contributed by atoms with E-state index in [1.807, 2.05) is 0 Å². The Bertz CT molecular complexity index is 140. The fourth-order valence-corrected chi connectivity index (χ4v) is 1.57. The fourth-order valence-electron chi connectivity index (χ4n) is 1.57. The Kier molecular flexibility index (Phi) is 3.06. The molecule has 0 bridgehead atoms. The minimum atomic E-state index is 0.323. The molecule has 2 heteroatoms. The normalized spacial score (nSPS) is 20.9. The van der Waals surface area contributed by atoms with Gasteiger partial charge in [0.15, 0.2) is 0 Å². The highest BCUT2D eigenvalue weighted by Gasteiger charge is 2.22. The Morgan fingerprint density at radius 3 is 2.45 bits per heavy atom. The van der Waals surface area contributed by atoms with Crippen molar-refractivity contribution >= 4 is 5.78 Å². The van der Waals surface area contributed by atoms with Crippen LogP contribution in [0.5, 0.6) is 0 Å². The summed E-state index contributed by atoms with van der Waals surface area (Å²) in [6.45, 7) is 6.24. The molecule has 0 aromatic heterocycles. The second-order valence-corrected chi connectivity index (χ2v) is 3.36. The van der Waals surface area contributed by atoms with E-state index in [0.29, 0.717) is 11.8 Å². The van der Waals surface area contributed by atoms with Gasteiger partial charge in [-0.1, -0.05) is 6.92 Å². The van der Waals surface area contributed by atoms with Crippen molar-refractivity contribution in [2.75, 3.05) is 13.1 Å². The third-order valence-corrected chi connectivity index (χ3v) is 2.40. The maximum atomic E-state index is 10.8. The molecule has 11 heavy (non-hydrogen) atoms. The van der Waals surface area contributed by atoms with E-state index in [0.717, 1.165) is 12.8 Å². The first-order chi connectivity index (χ1) is 5.24. The van der Waals surface area contributed by atoms with Gasteiger partial charge in [-0.2, -0.15) is 0 Å². The van der Waals surface area contributed by atoms with Crippen LogP contribution in [0, 0.1) is 0 Å². The third kappa shape index (κ3) is 2.29. The summed E-state index contributed by atoms with van der Waals surface area (Å²) in [4.78, 5) is 13.2. The molecular formula is C9H17NO. The average Bonchev–Trinajstić information content (AvgIpc) is 1.81. The van der Waals surface area contributed by atoms with E-state index < -0.39 is 0 Å². The zero-order chi connectivity index (χ0) is 8.27. The molecule has 2 nitrogen and oxygen atoms in total. The highest BCUT2D eigenvalue weighted by molar-refractivity contribution is 5.76. The van der Waals surface area contributed by atoms with Crippen LogP contribution in [0.4, 0.5) is 0 Å². The lowest BCUT2D eigenvalue weighted by Crippen LogP contribution is -2.45. The third-order valence-electron chi connectivity index (χ3n) is 2.40. The monoisotopic (exact) mass is 155 g/mol. The minimum absolute atomic E-state index is 0.323. The number of nitrogens with zero attached hydrogens (tertiary/aromatic N) is 1. The van der Waals surface area contributed by atoms with Gasteiger partial charge >= 0.3 is 0 Å². The number of hydrogen-bond acceptors (Lipinski definition) is 2. The molecule has 1 fully saturated rings. The van der Waals surface area contributed by atoms with Crippen molar-refractivity contribution in [3.8, 4) is 0 Å². The summed E-state index contributed by atoms with van der Waals surface area (Å²) in [5, 5.41) is 0. The Morgan fingerprint density at radius 2 is 2.18 bits per heavy atom. The van der Waals surface area contributed by atoms with Crippen LogP contribution in [0.2, 0.25) is 0 Å². The molecule has 1 heterocycles. The number of likely N-dealkylation sites (tertiary alicyclic amines) is 1. The van der Waals surface area contributed by atoms with Crippen LogP contribution in [-0.4, -0.2) is 29.8 Å². The minimum Gasteiger partial charge on any atom is -0.300 e. The van der Waals surface area contributed by atoms with Crippen LogP contribution in [0.1, 0.15) is 33.1 Å². The van der Waals surface area contributed by atoms with E-state index in [-0.39, 0.29) is 0 Å². The molecule has 64 valence electrons. The van der Waals surface area contributed by atoms with Crippen molar-refractivity contribution in [2.24, 2.45) is 0 Å². The summed E-state index contributed by atoms with van der Waals surface area (Å²) >= 11 is 0. The molecule has 1 aliphatic heterocycles. The number of carbonyl (C=O) groups excluding carboxylic acids is 1. The zero-order valence-corrected chi connectivity index (χ0v) is 7.47. The Hall–Kier alpha value is -0.370. The predicted octanol–water partition coefficient (Wildman–Crippen LogP) is 1.45. The van der Waals surface area contributed by atoms with Gasteiger partial charge in [0.2, 0.25) is 0 Å². The Morgan fingerprint density at radius 1 is 1.55 bits per heavy atom. The van der Waals surface area contributed by atoms with Gasteiger partial charge in [0, 0.05) is 12.5 Å². The fraction of sp³-hybridized carbons (Fsp3) is 0.889. The van der Waals surface area contributed by atoms with Gasteiger partial charge in [-0.25, -0.2) is 0 Å². The summed E-state index contributed by atoms with van der Waals surface area (Å²) < 4.78 is 0. The first kappa shape index (κ1) is 8.72. The lowest BCUT2D eigenvalue weighted by molar-refractivity contribution is -0.118. The number of Topliss-reactive ketones (excluding diaryl/α,β-unsaturated/α-hetero) is 1. The van der Waals surface area contributed by atoms with Gasteiger partial charge < -0.3 is 0 Å². The molecule has 0 aliphatic carbocycles. The number of hydrogen-bond donors (Lipinski definition) is 0. The second kappa shape index (κ2) is 3.86. The molecule has 1 atom stereocenters. The molecule has 0 spiro atoms. The van der Waals surface area contributed by atoms with Gasteiger partial charge in [0.1, 0.15) is 5.78 Å². The lowest BCUT2D eigenvalue weighted by atomic mass is 10.0. The quantitative estimate of drug-likeness (QED) is 0.612. The van der Waals surface area contributed by atoms with Crippen LogP contribution in [0.3, 0.4) is 0 Å². The highest BCUT2D eigenvalue weighted by atomic mass is 16.1. The first-order valence-corrected chi connectivity index (χ1v) is 4.47. The molecule has 0 aromatic rings. The number of carbonyl (C=O) groups is 1. The van der Waals surface area contributed by atoms with E-state index in [1.165, 1.54) is 19.5 Å². The van der Waals surface area contributed by atoms with Crippen molar-refractivity contribution < 1.29 is 4.79 Å². The molecule has 0 radical (unpaired) electrons. The summed E-state index contributed by atoms with van der Waals surface area (Å²) in [5.41, 5.74) is 0. The summed E-state index contributed by atoms with van der Waals surface area (Å²) in [6.07, 6.45) is 3.17. The standard InChI is InChI=1S/C9H17NO/c1-3-9(7-8(2)11)10-5-4-6-10/h9H,3-7H2,1-2H3/t9-/m0/s1. The maximum Gasteiger partial charge on any atom is 0.131 e. The molecule has 1 saturated heterocycles. The Balaban J connectivity index is 2.29. The van der Waals surface area contributed by atoms with Crippen LogP contribution in [0.15, 0.2) is 0 Å². The lowest BCUT2D eigenvalue weighted by Gasteiger charge is -2.37. The topological polar surface area (TPSA) is 20.3 Å². The largest absolute Gasteiger partial charge is 0.300 e. The van der Waals surface area contributed by atoms with Crippen LogP contribution >= 0.6 is 0 Å². The summed E-state index contributed by atoms with van der Waals surface area (Å²) in [7, 11) is 0. The van der Waals surface area contributed by atoms with Crippen molar-refractivity contribution in [1.82, 2.24) is 4.90 Å². The Labute approximate surface area is 68.6 Å². The first-order valence-electron chi connectivity index (χ1n) is 4.47. The van der Waals surface area contributed by atoms with Gasteiger partial charge in [0.05, 0.1) is 0 Å². The van der Waals surface area contributed by atoms with E-state index in [4.69, 9.17) is 0 Å². The van der Waals surface area contributed by atoms with E-state index in [1.54, 1.807) is 6.92 Å². The second-order valence-electron chi connectivity index (χ2n) is 3.36. The molecule has 0 amide bonds. The molecule has 0 unspecified atom stereocenters. The summed E-state index contributed by atoms with van der Waals surface area (Å²) in [6, 6.07) is 0.529. The van der Waals surface area contributed by atoms with Gasteiger partial charge in [-0.05, 0) is 32.9 Å². The van der Waals surface area contributed by atoms with Crippen molar-refractivity contribution in [3.05, 3.63) is 0 Å². The van der Waals surface area contributed by atoms with Crippen molar-refractivity contribution in [3.63, 3.8) is 0 Å². The van der Waals surface area contributed by atoms with Crippen LogP contribution < -0.4 is 0 Å². The highest BCUT2D eigenvalue weighted by Crippen LogP contribution is 2.16. The smallest absolute Gasteiger partial charge is 0.131 e. The van der Waals surface area contributed by atoms with E-state index in [2.05, 4.69) is 11.8 Å². The number of ketones is 1. The molecule has 0 saturated carbocycles. The van der Waals surface area contributed by atoms with Gasteiger partial charge in [0.25, 0.3) is 0 Å². The maximum absolute atomic E-state index is 10.8. The average molecular weight is 155 g/mol. The van der Waals surface area contributed by atoms with E-state index >= 15 is 0 Å². The number of rotatable bonds is 4. The van der Waals surface area contributed by atoms with Crippen LogP contribution in [-0.2, 0) is 4.79 Å². The molecule has 1 aliphatic rings. The molecule has 1 rings (SSSR count). The SMILES string of the molecule is CC[C@@H](CC(C)=O)N1CCC1. The molecule has 0 N–H and O–H groups in total. The van der Waals surface area contributed by atoms with E-state index in [9.17, 15) is 4.79 Å². The summed E-state index contributed by atoms with van der Waals surface area (Å²) in [5.74, 6) is 0.323. The molecule has 0 aromatic carbocycles. The van der Waals surface area contributed by atoms with Gasteiger partial charge in [-0.15, -0.1) is 0 Å².